The molecule has 4 saturated heterocycles. The van der Waals surface area contributed by atoms with Crippen molar-refractivity contribution in [3.63, 3.8) is 0 Å². The first kappa shape index (κ1) is 39.4. The summed E-state index contributed by atoms with van der Waals surface area (Å²) in [4.78, 5) is 75.3. The predicted octanol–water partition coefficient (Wildman–Crippen LogP) is 5.46. The van der Waals surface area contributed by atoms with E-state index in [-0.39, 0.29) is 60.9 Å². The van der Waals surface area contributed by atoms with Crippen molar-refractivity contribution in [1.82, 2.24) is 29.9 Å². The number of nitrogens with one attached hydrogen (secondary N) is 2. The number of alkyl halides is 2. The van der Waals surface area contributed by atoms with E-state index < -0.39 is 46.9 Å². The molecule has 324 valence electrons. The zero-order chi connectivity index (χ0) is 42.9. The lowest BCUT2D eigenvalue weighted by molar-refractivity contribution is -0.136. The third-order valence-electron chi connectivity index (χ3n) is 15.5. The van der Waals surface area contributed by atoms with Crippen molar-refractivity contribution in [1.29, 1.82) is 0 Å². The molecule has 62 heavy (non-hydrogen) atoms. The fourth-order valence-electron chi connectivity index (χ4n) is 11.4. The summed E-state index contributed by atoms with van der Waals surface area (Å²) >= 11 is 0. The Balaban J connectivity index is 0.733. The van der Waals surface area contributed by atoms with Crippen LogP contribution in [0, 0.1) is 16.7 Å². The third-order valence-corrected chi connectivity index (χ3v) is 15.5. The minimum Gasteiger partial charge on any atom is -0.371 e. The average molecular weight is 849 g/mol. The molecule has 0 radical (unpaired) electrons. The summed E-state index contributed by atoms with van der Waals surface area (Å²) in [6, 6.07) is 12.2. The van der Waals surface area contributed by atoms with E-state index in [0.29, 0.717) is 12.3 Å². The van der Waals surface area contributed by atoms with Crippen LogP contribution in [0.1, 0.15) is 96.5 Å². The molecule has 2 aromatic carbocycles. The lowest BCUT2D eigenvalue weighted by Crippen LogP contribution is -2.54. The summed E-state index contributed by atoms with van der Waals surface area (Å²) in [7, 11) is 1.79. The number of halogens is 2. The van der Waals surface area contributed by atoms with Gasteiger partial charge in [-0.1, -0.05) is 13.0 Å². The number of likely N-dealkylation sites (N-methyl/N-ethyl adjacent to an activating group) is 1. The van der Waals surface area contributed by atoms with Crippen LogP contribution in [0.5, 0.6) is 0 Å². The van der Waals surface area contributed by atoms with Crippen molar-refractivity contribution in [2.75, 3.05) is 56.2 Å². The number of carbonyl (C=O) groups is 5. The SMILES string of the molecule is CN(C(=O)CN1CCC2(CC1)CCN(c1ccc3c(c1)C(=O)N(C1CCC(=O)NC1=O)C3=O)C2)c1ccc2cc(-c3nn(C4CCCCO4)c4c3C[C@@H]3C(F)(F)[C@]3(C)C4)[nH]c2c1. The van der Waals surface area contributed by atoms with Crippen LogP contribution in [-0.2, 0) is 32.0 Å². The maximum atomic E-state index is 15.1. The summed E-state index contributed by atoms with van der Waals surface area (Å²) < 4.78 is 38.1. The van der Waals surface area contributed by atoms with E-state index in [0.717, 1.165) is 109 Å². The highest BCUT2D eigenvalue weighted by molar-refractivity contribution is 6.23. The van der Waals surface area contributed by atoms with Crippen LogP contribution in [0.15, 0.2) is 42.5 Å². The number of likely N-dealkylation sites (tertiary alicyclic amines) is 1. The number of aromatic nitrogens is 3. The maximum Gasteiger partial charge on any atom is 0.262 e. The molecule has 5 fully saturated rings. The topological polar surface area (TPSA) is 153 Å². The second-order valence-electron chi connectivity index (χ2n) is 19.0. The van der Waals surface area contributed by atoms with Gasteiger partial charge in [-0.15, -0.1) is 0 Å². The van der Waals surface area contributed by atoms with Gasteiger partial charge in [0.15, 0.2) is 0 Å². The number of carbonyl (C=O) groups excluding carboxylic acids is 5. The number of piperidine rings is 2. The number of aromatic amines is 1. The lowest BCUT2D eigenvalue weighted by atomic mass is 9.78. The molecular formula is C46H50F2N8O6. The molecule has 4 atom stereocenters. The summed E-state index contributed by atoms with van der Waals surface area (Å²) in [6.07, 6.45) is 6.11. The number of rotatable bonds is 7. The van der Waals surface area contributed by atoms with Crippen molar-refractivity contribution in [3.8, 4) is 11.4 Å². The Morgan fingerprint density at radius 2 is 1.76 bits per heavy atom. The van der Waals surface area contributed by atoms with Crippen molar-refractivity contribution >= 4 is 51.8 Å². The van der Waals surface area contributed by atoms with Gasteiger partial charge >= 0.3 is 0 Å². The van der Waals surface area contributed by atoms with Gasteiger partial charge in [0.25, 0.3) is 17.7 Å². The number of anilines is 2. The number of H-pyrrole nitrogens is 1. The standard InChI is InChI=1S/C46H50F2N8O6/c1-44-23-35-31(22-36(44)46(44,47)48)40(51-56(35)39-5-3-4-18-62-39)33-19-26-6-7-27(21-32(26)49-33)52(2)38(58)24-53-15-12-45(13-16-53)14-17-54(25-45)28-8-9-29-30(20-28)43(61)55(42(29)60)34-10-11-37(57)50-41(34)59/h6-9,19-21,34,36,39,49H,3-5,10-18,22-25H2,1-2H3,(H,50,57,59)/t34?,36-,39?,44+/m0/s1. The van der Waals surface area contributed by atoms with Crippen molar-refractivity contribution in [2.24, 2.45) is 16.7 Å². The van der Waals surface area contributed by atoms with Crippen molar-refractivity contribution in [3.05, 3.63) is 64.8 Å². The highest BCUT2D eigenvalue weighted by Crippen LogP contribution is 2.71. The third kappa shape index (κ3) is 6.06. The summed E-state index contributed by atoms with van der Waals surface area (Å²) in [5.41, 5.74) is 5.23. The summed E-state index contributed by atoms with van der Waals surface area (Å²) in [5, 5.41) is 8.24. The van der Waals surface area contributed by atoms with E-state index >= 15 is 8.78 Å². The minimum absolute atomic E-state index is 0.0162. The number of ether oxygens (including phenoxy) is 1. The Labute approximate surface area is 356 Å². The second-order valence-corrected chi connectivity index (χ2v) is 19.0. The molecule has 2 aromatic heterocycles. The van der Waals surface area contributed by atoms with Crippen LogP contribution >= 0.6 is 0 Å². The monoisotopic (exact) mass is 848 g/mol. The van der Waals surface area contributed by atoms with Crippen molar-refractivity contribution < 1.29 is 37.5 Å². The molecular weight excluding hydrogens is 799 g/mol. The van der Waals surface area contributed by atoms with Gasteiger partial charge in [0.2, 0.25) is 17.7 Å². The molecule has 14 nitrogen and oxygen atoms in total. The molecule has 7 aliphatic rings. The first-order valence-electron chi connectivity index (χ1n) is 22.1. The molecule has 2 unspecified atom stereocenters. The molecule has 7 heterocycles. The van der Waals surface area contributed by atoms with Gasteiger partial charge < -0.3 is 19.5 Å². The molecule has 1 spiro atoms. The Bertz CT molecular complexity index is 2590. The number of hydrogen-bond acceptors (Lipinski definition) is 9. The second kappa shape index (κ2) is 14.0. The van der Waals surface area contributed by atoms with Crippen LogP contribution < -0.4 is 15.1 Å². The Morgan fingerprint density at radius 1 is 0.968 bits per heavy atom. The summed E-state index contributed by atoms with van der Waals surface area (Å²) in [5.74, 6) is -5.47. The van der Waals surface area contributed by atoms with E-state index in [1.807, 2.05) is 35.0 Å². The molecule has 4 aromatic rings. The first-order chi connectivity index (χ1) is 29.7. The van der Waals surface area contributed by atoms with E-state index in [9.17, 15) is 24.0 Å². The predicted molar refractivity (Wildman–Crippen MR) is 224 cm³/mol. The van der Waals surface area contributed by atoms with E-state index in [2.05, 4.69) is 20.1 Å². The first-order valence-corrected chi connectivity index (χ1v) is 22.1. The van der Waals surface area contributed by atoms with Crippen LogP contribution in [0.3, 0.4) is 0 Å². The number of amides is 5. The van der Waals surface area contributed by atoms with Gasteiger partial charge in [0.05, 0.1) is 23.4 Å². The number of nitrogens with zero attached hydrogens (tertiary/aromatic N) is 6. The molecule has 0 bridgehead atoms. The normalized spacial score (nSPS) is 27.7. The Kier molecular flexibility index (Phi) is 8.90. The smallest absolute Gasteiger partial charge is 0.262 e. The largest absolute Gasteiger partial charge is 0.371 e. The van der Waals surface area contributed by atoms with Gasteiger partial charge in [-0.25, -0.2) is 13.5 Å². The highest BCUT2D eigenvalue weighted by Gasteiger charge is 2.78. The highest BCUT2D eigenvalue weighted by atomic mass is 19.3. The van der Waals surface area contributed by atoms with Gasteiger partial charge in [0.1, 0.15) is 18.0 Å². The van der Waals surface area contributed by atoms with Crippen LogP contribution in [0.25, 0.3) is 22.3 Å². The molecule has 2 N–H and O–H groups in total. The van der Waals surface area contributed by atoms with Gasteiger partial charge in [0, 0.05) is 84.5 Å². The average Bonchev–Trinajstić information content (AvgIpc) is 3.89. The fourth-order valence-corrected chi connectivity index (χ4v) is 11.4. The fraction of sp³-hybridized carbons (Fsp3) is 0.522. The summed E-state index contributed by atoms with van der Waals surface area (Å²) in [6.45, 7) is 5.77. The molecule has 5 aliphatic heterocycles. The Morgan fingerprint density at radius 3 is 2.53 bits per heavy atom. The number of fused-ring (bicyclic) bond motifs is 4. The van der Waals surface area contributed by atoms with Crippen LogP contribution in [0.4, 0.5) is 20.2 Å². The molecule has 2 aliphatic carbocycles. The zero-order valence-corrected chi connectivity index (χ0v) is 35.0. The molecule has 5 amide bonds. The van der Waals surface area contributed by atoms with Crippen LogP contribution in [-0.4, -0.2) is 112 Å². The quantitative estimate of drug-likeness (QED) is 0.231. The lowest BCUT2D eigenvalue weighted by Gasteiger charge is -2.39. The number of imide groups is 2. The molecule has 11 rings (SSSR count). The van der Waals surface area contributed by atoms with E-state index in [1.165, 1.54) is 0 Å². The van der Waals surface area contributed by atoms with E-state index in [1.54, 1.807) is 31.0 Å². The maximum absolute atomic E-state index is 15.1. The van der Waals surface area contributed by atoms with Crippen LogP contribution in [0.2, 0.25) is 0 Å². The molecule has 1 saturated carbocycles. The zero-order valence-electron chi connectivity index (χ0n) is 35.0. The molecule has 16 heteroatoms. The number of hydrogen-bond donors (Lipinski definition) is 2. The van der Waals surface area contributed by atoms with Gasteiger partial charge in [-0.3, -0.25) is 39.1 Å². The Hall–Kier alpha value is -5.48. The van der Waals surface area contributed by atoms with E-state index in [4.69, 9.17) is 9.84 Å². The van der Waals surface area contributed by atoms with Gasteiger partial charge in [-0.2, -0.15) is 5.10 Å². The minimum atomic E-state index is -2.70. The number of benzene rings is 2. The van der Waals surface area contributed by atoms with Gasteiger partial charge in [-0.05, 0) is 106 Å². The van der Waals surface area contributed by atoms with Crippen molar-refractivity contribution in [2.45, 2.75) is 89.3 Å².